The molecule has 0 fully saturated rings. The van der Waals surface area contributed by atoms with Crippen molar-refractivity contribution in [2.75, 3.05) is 5.32 Å². The molecular formula is C18H11ClF3N5O3S. The first-order valence-electron chi connectivity index (χ1n) is 8.45. The molecule has 0 spiro atoms. The van der Waals surface area contributed by atoms with Crippen LogP contribution in [-0.4, -0.2) is 26.6 Å². The number of pyridine rings is 1. The van der Waals surface area contributed by atoms with Gasteiger partial charge in [-0.3, -0.25) is 14.3 Å². The number of amides is 2. The van der Waals surface area contributed by atoms with Crippen molar-refractivity contribution in [2.24, 2.45) is 12.8 Å². The zero-order valence-corrected chi connectivity index (χ0v) is 17.0. The molecule has 0 aromatic carbocycles. The van der Waals surface area contributed by atoms with E-state index in [1.165, 1.54) is 29.3 Å². The average molecular weight is 470 g/mol. The molecule has 4 aromatic heterocycles. The molecule has 0 radical (unpaired) electrons. The van der Waals surface area contributed by atoms with Crippen LogP contribution in [0.3, 0.4) is 0 Å². The first-order chi connectivity index (χ1) is 14.6. The summed E-state index contributed by atoms with van der Waals surface area (Å²) in [4.78, 5) is 28.1. The van der Waals surface area contributed by atoms with E-state index in [1.54, 1.807) is 7.05 Å². The van der Waals surface area contributed by atoms with Crippen LogP contribution in [-0.2, 0) is 13.2 Å². The molecule has 0 saturated carbocycles. The van der Waals surface area contributed by atoms with Gasteiger partial charge in [-0.15, -0.1) is 11.3 Å². The van der Waals surface area contributed by atoms with E-state index in [-0.39, 0.29) is 42.8 Å². The average Bonchev–Trinajstić information content (AvgIpc) is 3.39. The van der Waals surface area contributed by atoms with Crippen LogP contribution in [0.5, 0.6) is 0 Å². The second kappa shape index (κ2) is 7.39. The number of carbonyl (C=O) groups is 2. The van der Waals surface area contributed by atoms with Gasteiger partial charge < -0.3 is 15.5 Å². The first kappa shape index (κ1) is 20.9. The Hall–Kier alpha value is -3.38. The van der Waals surface area contributed by atoms with Crippen molar-refractivity contribution in [3.05, 3.63) is 51.9 Å². The number of aromatic nitrogens is 3. The molecule has 0 aliphatic heterocycles. The summed E-state index contributed by atoms with van der Waals surface area (Å²) in [5, 5.41) is 6.55. The molecule has 8 nitrogen and oxygen atoms in total. The third kappa shape index (κ3) is 3.75. The number of hydrogen-bond acceptors (Lipinski definition) is 6. The van der Waals surface area contributed by atoms with E-state index in [0.29, 0.717) is 11.3 Å². The quantitative estimate of drug-likeness (QED) is 0.462. The highest BCUT2D eigenvalue weighted by molar-refractivity contribution is 7.21. The predicted molar refractivity (Wildman–Crippen MR) is 107 cm³/mol. The summed E-state index contributed by atoms with van der Waals surface area (Å²) in [7, 11) is 1.55. The third-order valence-corrected chi connectivity index (χ3v) is 5.58. The number of aryl methyl sites for hydroxylation is 1. The number of furan rings is 1. The number of primary amides is 1. The van der Waals surface area contributed by atoms with Crippen molar-refractivity contribution in [3.8, 4) is 11.3 Å². The number of nitrogens with one attached hydrogen (secondary N) is 1. The number of fused-ring (bicyclic) bond motifs is 1. The van der Waals surface area contributed by atoms with Gasteiger partial charge in [-0.25, -0.2) is 4.98 Å². The van der Waals surface area contributed by atoms with Crippen LogP contribution in [0.1, 0.15) is 25.9 Å². The van der Waals surface area contributed by atoms with Crippen LogP contribution in [0.2, 0.25) is 5.02 Å². The second-order valence-electron chi connectivity index (χ2n) is 6.33. The molecular weight excluding hydrogens is 459 g/mol. The van der Waals surface area contributed by atoms with Crippen molar-refractivity contribution >= 4 is 50.7 Å². The van der Waals surface area contributed by atoms with Crippen LogP contribution in [0, 0.1) is 0 Å². The van der Waals surface area contributed by atoms with E-state index >= 15 is 0 Å². The number of anilines is 1. The minimum atomic E-state index is -4.75. The van der Waals surface area contributed by atoms with Gasteiger partial charge >= 0.3 is 6.18 Å². The number of halogens is 4. The molecule has 4 rings (SSSR count). The second-order valence-corrected chi connectivity index (χ2v) is 7.74. The number of nitrogens with two attached hydrogens (primary N) is 1. The summed E-state index contributed by atoms with van der Waals surface area (Å²) in [6, 6.07) is 3.71. The van der Waals surface area contributed by atoms with Crippen LogP contribution in [0.4, 0.5) is 18.9 Å². The molecule has 0 unspecified atom stereocenters. The molecule has 0 aliphatic rings. The van der Waals surface area contributed by atoms with Gasteiger partial charge in [-0.2, -0.15) is 18.3 Å². The number of nitrogens with zero attached hydrogens (tertiary/aromatic N) is 3. The Kier molecular flexibility index (Phi) is 4.98. The largest absolute Gasteiger partial charge is 0.464 e. The highest BCUT2D eigenvalue weighted by Gasteiger charge is 2.35. The number of rotatable bonds is 4. The van der Waals surface area contributed by atoms with Crippen LogP contribution in [0.25, 0.3) is 21.5 Å². The number of hydrogen-bond donors (Lipinski definition) is 2. The molecule has 160 valence electrons. The normalized spacial score (nSPS) is 11.8. The monoisotopic (exact) mass is 469 g/mol. The van der Waals surface area contributed by atoms with Gasteiger partial charge in [0, 0.05) is 24.2 Å². The molecule has 3 N–H and O–H groups in total. The van der Waals surface area contributed by atoms with E-state index in [2.05, 4.69) is 15.4 Å². The van der Waals surface area contributed by atoms with Crippen LogP contribution in [0.15, 0.2) is 35.1 Å². The lowest BCUT2D eigenvalue weighted by molar-refractivity contribution is -0.140. The topological polar surface area (TPSA) is 116 Å². The van der Waals surface area contributed by atoms with Gasteiger partial charge in [0.05, 0.1) is 17.0 Å². The number of alkyl halides is 3. The van der Waals surface area contributed by atoms with Crippen molar-refractivity contribution in [2.45, 2.75) is 6.18 Å². The Morgan fingerprint density at radius 1 is 1.35 bits per heavy atom. The maximum absolute atomic E-state index is 13.4. The fourth-order valence-electron chi connectivity index (χ4n) is 2.95. The minimum absolute atomic E-state index is 0.0199. The molecule has 13 heteroatoms. The Balaban J connectivity index is 1.97. The lowest BCUT2D eigenvalue weighted by Crippen LogP contribution is -2.17. The molecule has 0 bridgehead atoms. The predicted octanol–water partition coefficient (Wildman–Crippen LogP) is 4.31. The fraction of sp³-hybridized carbons (Fsp3) is 0.111. The molecule has 0 aliphatic carbocycles. The van der Waals surface area contributed by atoms with E-state index in [0.717, 1.165) is 6.07 Å². The van der Waals surface area contributed by atoms with E-state index in [4.69, 9.17) is 21.8 Å². The summed E-state index contributed by atoms with van der Waals surface area (Å²) in [6.45, 7) is 0. The van der Waals surface area contributed by atoms with Gasteiger partial charge in [0.25, 0.3) is 11.8 Å². The van der Waals surface area contributed by atoms with Crippen molar-refractivity contribution in [3.63, 3.8) is 0 Å². The smallest absolute Gasteiger partial charge is 0.433 e. The Morgan fingerprint density at radius 3 is 2.65 bits per heavy atom. The Labute approximate surface area is 180 Å². The maximum atomic E-state index is 13.4. The van der Waals surface area contributed by atoms with Gasteiger partial charge in [-0.1, -0.05) is 11.6 Å². The lowest BCUT2D eigenvalue weighted by Gasteiger charge is -2.10. The Morgan fingerprint density at radius 2 is 2.10 bits per heavy atom. The Bertz CT molecular complexity index is 1330. The summed E-state index contributed by atoms with van der Waals surface area (Å²) >= 11 is 6.62. The van der Waals surface area contributed by atoms with E-state index < -0.39 is 23.7 Å². The third-order valence-electron chi connectivity index (χ3n) is 4.20. The summed E-state index contributed by atoms with van der Waals surface area (Å²) in [5.41, 5.74) is 3.97. The number of carbonyl (C=O) groups excluding carboxylic acids is 2. The van der Waals surface area contributed by atoms with Gasteiger partial charge in [0.2, 0.25) is 0 Å². The van der Waals surface area contributed by atoms with Gasteiger partial charge in [0.1, 0.15) is 21.2 Å². The van der Waals surface area contributed by atoms with Crippen molar-refractivity contribution < 1.29 is 27.2 Å². The summed E-state index contributed by atoms with van der Waals surface area (Å²) in [6.07, 6.45) is -2.08. The zero-order valence-electron chi connectivity index (χ0n) is 15.5. The molecule has 2 amide bonds. The first-order valence-corrected chi connectivity index (χ1v) is 9.64. The minimum Gasteiger partial charge on any atom is -0.464 e. The summed E-state index contributed by atoms with van der Waals surface area (Å²) < 4.78 is 46.8. The van der Waals surface area contributed by atoms with Crippen molar-refractivity contribution in [1.29, 1.82) is 0 Å². The van der Waals surface area contributed by atoms with Crippen LogP contribution >= 0.6 is 22.9 Å². The molecule has 4 heterocycles. The molecule has 31 heavy (non-hydrogen) atoms. The highest BCUT2D eigenvalue weighted by Crippen LogP contribution is 2.43. The summed E-state index contributed by atoms with van der Waals surface area (Å²) in [5.74, 6) is -1.65. The van der Waals surface area contributed by atoms with E-state index in [9.17, 15) is 22.8 Å². The molecule has 0 saturated heterocycles. The standard InChI is InChI=1S/C18H11ClF3N5O3S/c1-27-6-8(19)12(26-27)16(29)25-13-11-7(9-3-2-4-30-9)5-10(18(20,21)22)24-17(11)31-14(13)15(23)28/h2-6H,1H3,(H2,23,28)(H,25,29). The fourth-order valence-corrected chi connectivity index (χ4v) is 4.22. The lowest BCUT2D eigenvalue weighted by atomic mass is 10.1. The molecule has 0 atom stereocenters. The van der Waals surface area contributed by atoms with Crippen LogP contribution < -0.4 is 11.1 Å². The van der Waals surface area contributed by atoms with Gasteiger partial charge in [-0.05, 0) is 18.2 Å². The SMILES string of the molecule is Cn1cc(Cl)c(C(=O)Nc2c(C(N)=O)sc3nc(C(F)(F)F)cc(-c4ccco4)c23)n1. The zero-order chi connectivity index (χ0) is 22.5. The molecule has 4 aromatic rings. The highest BCUT2D eigenvalue weighted by atomic mass is 35.5. The maximum Gasteiger partial charge on any atom is 0.433 e. The van der Waals surface area contributed by atoms with E-state index in [1.807, 2.05) is 0 Å². The van der Waals surface area contributed by atoms with Crippen molar-refractivity contribution in [1.82, 2.24) is 14.8 Å². The van der Waals surface area contributed by atoms with Gasteiger partial charge in [0.15, 0.2) is 5.69 Å². The number of thiophene rings is 1.